The van der Waals surface area contributed by atoms with E-state index >= 15 is 0 Å². The molecule has 27 heteroatoms. The number of carbonyl (C=O) groups is 9. The van der Waals surface area contributed by atoms with Crippen LogP contribution in [0.2, 0.25) is 0 Å². The number of hydrogen-bond acceptors (Lipinski definition) is 18. The molecule has 0 fully saturated rings. The number of carbonyl (C=O) groups excluding carboxylic acids is 6. The van der Waals surface area contributed by atoms with Crippen LogP contribution < -0.4 is 37.6 Å². The number of nitrogens with zero attached hydrogens (tertiary/aromatic N) is 4. The first-order chi connectivity index (χ1) is 36.7. The summed E-state index contributed by atoms with van der Waals surface area (Å²) in [7, 11) is 0. The van der Waals surface area contributed by atoms with Crippen molar-refractivity contribution in [1.29, 1.82) is 0 Å². The third-order valence-corrected chi connectivity index (χ3v) is 12.0. The molecular weight excluding hydrogens is 1010 g/mol. The maximum Gasteiger partial charge on any atom is 0.317 e. The van der Waals surface area contributed by atoms with E-state index in [1.165, 1.54) is 16.7 Å². The van der Waals surface area contributed by atoms with Crippen LogP contribution in [0, 0.1) is 23.7 Å². The number of nitrogens with one attached hydrogen (secondary N) is 4. The van der Waals surface area contributed by atoms with Gasteiger partial charge in [0.05, 0.1) is 90.9 Å². The molecule has 434 valence electrons. The molecule has 27 nitrogen and oxygen atoms in total. The minimum Gasteiger partial charge on any atom is -0.494 e. The maximum atomic E-state index is 14.2. The molecule has 2 aliphatic rings. The third kappa shape index (κ3) is 30.8. The molecule has 0 spiro atoms. The van der Waals surface area contributed by atoms with Crippen LogP contribution in [0.25, 0.3) is 0 Å². The van der Waals surface area contributed by atoms with Crippen LogP contribution in [0.3, 0.4) is 0 Å². The molecule has 4 atom stereocenters. The molecule has 0 radical (unpaired) electrons. The molecule has 4 amide bonds. The molecule has 2 aliphatic heterocycles. The monoisotopic (exact) mass is 1090 g/mol. The Kier molecular flexibility index (Phi) is 33.1. The number of carboxylic acids is 3. The third-order valence-electron chi connectivity index (χ3n) is 12.0. The van der Waals surface area contributed by atoms with Crippen LogP contribution in [0.4, 0.5) is 0 Å². The average molecular weight is 1100 g/mol. The zero-order valence-corrected chi connectivity index (χ0v) is 44.6. The number of Topliss-reactive ketones (excluding diaryl/α,β-unsaturated/α-hetero) is 2. The van der Waals surface area contributed by atoms with Gasteiger partial charge < -0.3 is 61.7 Å². The molecule has 12 N–H and O–H groups in total. The predicted octanol–water partition coefficient (Wildman–Crippen LogP) is -1.67. The molecule has 77 heavy (non-hydrogen) atoms. The lowest BCUT2D eigenvalue weighted by molar-refractivity contribution is -0.142. The largest absolute Gasteiger partial charge is 0.494 e. The number of benzene rings is 1. The summed E-state index contributed by atoms with van der Waals surface area (Å²) in [6, 6.07) is 6.06. The minimum atomic E-state index is -1.23. The van der Waals surface area contributed by atoms with Crippen molar-refractivity contribution in [2.75, 3.05) is 125 Å². The van der Waals surface area contributed by atoms with Gasteiger partial charge in [-0.2, -0.15) is 0 Å². The van der Waals surface area contributed by atoms with Crippen LogP contribution in [0.5, 0.6) is 5.75 Å². The van der Waals surface area contributed by atoms with Gasteiger partial charge >= 0.3 is 17.9 Å². The van der Waals surface area contributed by atoms with Crippen molar-refractivity contribution in [3.05, 3.63) is 29.8 Å². The van der Waals surface area contributed by atoms with Crippen molar-refractivity contribution < 1.29 is 82.6 Å². The highest BCUT2D eigenvalue weighted by Gasteiger charge is 2.37. The summed E-state index contributed by atoms with van der Waals surface area (Å²) >= 11 is 0. The van der Waals surface area contributed by atoms with Crippen LogP contribution in [0.1, 0.15) is 64.9 Å². The number of fused-ring (bicyclic) bond motifs is 11. The van der Waals surface area contributed by atoms with Gasteiger partial charge in [0.1, 0.15) is 11.5 Å². The summed E-state index contributed by atoms with van der Waals surface area (Å²) in [5.74, 6) is -8.47. The molecular formula is C50H82N10O17. The predicted molar refractivity (Wildman–Crippen MR) is 278 cm³/mol. The van der Waals surface area contributed by atoms with E-state index < -0.39 is 90.7 Å². The van der Waals surface area contributed by atoms with Gasteiger partial charge in [-0.05, 0) is 69.1 Å². The van der Waals surface area contributed by atoms with Gasteiger partial charge in [-0.1, -0.05) is 26.0 Å². The quantitative estimate of drug-likeness (QED) is 0.0116. The fraction of sp³-hybridized carbons (Fsp3) is 0.680. The summed E-state index contributed by atoms with van der Waals surface area (Å²) in [6.07, 6.45) is 1.46. The summed E-state index contributed by atoms with van der Waals surface area (Å²) in [6.45, 7) is 5.32. The Hall–Kier alpha value is -6.36. The van der Waals surface area contributed by atoms with E-state index in [4.69, 9.17) is 30.4 Å². The summed E-state index contributed by atoms with van der Waals surface area (Å²) in [4.78, 5) is 122. The van der Waals surface area contributed by atoms with Crippen LogP contribution in [-0.4, -0.2) is 225 Å². The van der Waals surface area contributed by atoms with E-state index in [1.807, 2.05) is 13.8 Å². The molecule has 1 aromatic carbocycles. The van der Waals surface area contributed by atoms with Crippen LogP contribution in [0.15, 0.2) is 29.3 Å². The Morgan fingerprint density at radius 3 is 1.86 bits per heavy atom. The molecule has 0 saturated carbocycles. The second-order valence-electron chi connectivity index (χ2n) is 19.1. The SMILES string of the molecule is CC(=O)CN(CCN(CCN(CC(=O)O)CC(=O)O)CC(=O)NCCOCCOCCOCCNC(=O)[C@H](CCCN=C(N)N)CC(=O)[C@@H]1Cc2ccc(cc2)OCCC[C@H](C(=O)NO)[C@@H](CC(C)C)C(=O)N1)CC(=O)O. The van der Waals surface area contributed by atoms with Crippen molar-refractivity contribution in [1.82, 2.24) is 36.1 Å². The average Bonchev–Trinajstić information content (AvgIpc) is 3.35. The number of nitrogens with two attached hydrogens (primary N) is 2. The first-order valence-electron chi connectivity index (χ1n) is 25.8. The van der Waals surface area contributed by atoms with Gasteiger partial charge in [-0.15, -0.1) is 0 Å². The van der Waals surface area contributed by atoms with Gasteiger partial charge in [0.15, 0.2) is 11.7 Å². The Bertz CT molecular complexity index is 1970. The highest BCUT2D eigenvalue weighted by atomic mass is 16.5. The molecule has 2 heterocycles. The number of ether oxygens (including phenoxy) is 4. The molecule has 0 aliphatic carbocycles. The lowest BCUT2D eigenvalue weighted by atomic mass is 9.81. The Balaban J connectivity index is 1.90. The number of carboxylic acid groups (broad SMARTS) is 3. The van der Waals surface area contributed by atoms with Crippen molar-refractivity contribution in [3.8, 4) is 5.75 Å². The van der Waals surface area contributed by atoms with E-state index in [9.17, 15) is 63.7 Å². The molecule has 2 bridgehead atoms. The van der Waals surface area contributed by atoms with Gasteiger partial charge in [-0.3, -0.25) is 68.1 Å². The van der Waals surface area contributed by atoms with E-state index in [0.717, 1.165) is 5.56 Å². The molecule has 3 rings (SSSR count). The fourth-order valence-corrected chi connectivity index (χ4v) is 8.40. The zero-order valence-electron chi connectivity index (χ0n) is 44.6. The Morgan fingerprint density at radius 1 is 0.779 bits per heavy atom. The number of hydroxylamine groups is 1. The minimum absolute atomic E-state index is 0.00587. The lowest BCUT2D eigenvalue weighted by Crippen LogP contribution is -2.49. The van der Waals surface area contributed by atoms with Gasteiger partial charge in [0, 0.05) is 64.1 Å². The standard InChI is InChI=1S/C50H82N10O17/c1-34(2)26-40-39(49(72)57-73)7-5-19-77-38-10-8-36(9-11-38)27-41(56-48(40)71)42(62)28-37(6-4-12-55-50(51)52)47(70)54-14-21-75-23-25-76-24-22-74-20-13-53-43(63)30-58(15-17-59(29-35(3)61)31-44(64)65)16-18-60(32-45(66)67)33-46(68)69/h8-11,34,37,39-41,73H,4-7,12-33H2,1-3H3,(H,53,63)(H,54,70)(H,56,71)(H,57,72)(H,64,65)(H,66,67)(H,68,69)(H4,51,52,55)/t37-,39+,40-,41+/m1/s1. The number of guanidine groups is 1. The number of rotatable bonds is 39. The summed E-state index contributed by atoms with van der Waals surface area (Å²) in [5.41, 5.74) is 13.4. The summed E-state index contributed by atoms with van der Waals surface area (Å²) in [5, 5.41) is 45.7. The number of aliphatic carboxylic acids is 3. The van der Waals surface area contributed by atoms with Gasteiger partial charge in [0.2, 0.25) is 23.6 Å². The highest BCUT2D eigenvalue weighted by Crippen LogP contribution is 2.27. The lowest BCUT2D eigenvalue weighted by Gasteiger charge is -2.29. The van der Waals surface area contributed by atoms with E-state index in [1.54, 1.807) is 34.6 Å². The number of hydrogen-bond donors (Lipinski definition) is 10. The van der Waals surface area contributed by atoms with E-state index in [2.05, 4.69) is 20.9 Å². The van der Waals surface area contributed by atoms with Crippen LogP contribution >= 0.6 is 0 Å². The summed E-state index contributed by atoms with van der Waals surface area (Å²) < 4.78 is 22.6. The van der Waals surface area contributed by atoms with E-state index in [0.29, 0.717) is 25.0 Å². The molecule has 0 saturated heterocycles. The molecule has 0 unspecified atom stereocenters. The Morgan fingerprint density at radius 2 is 1.32 bits per heavy atom. The van der Waals surface area contributed by atoms with Crippen LogP contribution in [-0.2, 0) is 63.8 Å². The normalized spacial score (nSPS) is 16.3. The molecule has 1 aromatic rings. The van der Waals surface area contributed by atoms with Crippen molar-refractivity contribution in [3.63, 3.8) is 0 Å². The van der Waals surface area contributed by atoms with Crippen molar-refractivity contribution in [2.45, 2.75) is 71.8 Å². The van der Waals surface area contributed by atoms with E-state index in [-0.39, 0.29) is 148 Å². The zero-order chi connectivity index (χ0) is 57.1. The first-order valence-corrected chi connectivity index (χ1v) is 25.8. The first kappa shape index (κ1) is 66.8. The second kappa shape index (κ2) is 38.2. The van der Waals surface area contributed by atoms with Crippen molar-refractivity contribution in [2.24, 2.45) is 40.1 Å². The topological polar surface area (TPSA) is 394 Å². The Labute approximate surface area is 449 Å². The van der Waals surface area contributed by atoms with Crippen molar-refractivity contribution >= 4 is 59.1 Å². The second-order valence-corrected chi connectivity index (χ2v) is 19.1. The number of amides is 4. The van der Waals surface area contributed by atoms with Gasteiger partial charge in [0.25, 0.3) is 0 Å². The smallest absolute Gasteiger partial charge is 0.317 e. The van der Waals surface area contributed by atoms with Gasteiger partial charge in [-0.25, -0.2) is 5.48 Å². The maximum absolute atomic E-state index is 14.2. The number of ketones is 2. The highest BCUT2D eigenvalue weighted by molar-refractivity contribution is 5.94. The number of aliphatic imine (C=N–C) groups is 1. The molecule has 0 aromatic heterocycles. The fourth-order valence-electron chi connectivity index (χ4n) is 8.40.